The van der Waals surface area contributed by atoms with Crippen molar-refractivity contribution in [2.75, 3.05) is 18.6 Å². The van der Waals surface area contributed by atoms with Gasteiger partial charge in [-0.25, -0.2) is 17.2 Å². The molecule has 13 heteroatoms. The minimum atomic E-state index is -3.30. The highest BCUT2D eigenvalue weighted by Gasteiger charge is 2.38. The summed E-state index contributed by atoms with van der Waals surface area (Å²) in [6.45, 7) is 1.31. The molecule has 1 fully saturated rings. The average molecular weight is 514 g/mol. The van der Waals surface area contributed by atoms with E-state index in [1.54, 1.807) is 6.92 Å². The Balaban J connectivity index is 1.84. The predicted molar refractivity (Wildman–Crippen MR) is 121 cm³/mol. The Morgan fingerprint density at radius 3 is 2.60 bits per heavy atom. The second kappa shape index (κ2) is 10.1. The lowest BCUT2D eigenvalue weighted by Crippen LogP contribution is -2.43. The second-order valence-corrected chi connectivity index (χ2v) is 10.6. The Labute approximate surface area is 200 Å². The Bertz CT molecular complexity index is 1330. The van der Waals surface area contributed by atoms with Crippen molar-refractivity contribution in [3.8, 4) is 5.75 Å². The zero-order chi connectivity index (χ0) is 26.1. The zero-order valence-corrected chi connectivity index (χ0v) is 20.1. The van der Waals surface area contributed by atoms with Crippen LogP contribution < -0.4 is 10.7 Å². The Morgan fingerprint density at radius 2 is 1.97 bits per heavy atom. The van der Waals surface area contributed by atoms with Crippen LogP contribution in [0.15, 0.2) is 29.2 Å². The number of sulfone groups is 1. The first-order valence-corrected chi connectivity index (χ1v) is 12.6. The van der Waals surface area contributed by atoms with Crippen LogP contribution in [0.4, 0.5) is 8.78 Å². The molecule has 2 amide bonds. The zero-order valence-electron chi connectivity index (χ0n) is 19.2. The first kappa shape index (κ1) is 26.3. The number of pyridine rings is 1. The number of ether oxygens (including phenoxy) is 1. The molecule has 35 heavy (non-hydrogen) atoms. The molecule has 2 N–H and O–H groups in total. The number of amides is 2. The summed E-state index contributed by atoms with van der Waals surface area (Å²) < 4.78 is 56.5. The molecule has 0 spiro atoms. The van der Waals surface area contributed by atoms with Crippen LogP contribution in [0.1, 0.15) is 39.8 Å². The van der Waals surface area contributed by atoms with Crippen molar-refractivity contribution in [1.29, 1.82) is 0 Å². The summed E-state index contributed by atoms with van der Waals surface area (Å²) in [5, 5.41) is 12.9. The molecule has 0 saturated carbocycles. The SMILES string of the molecule is C[C@H]1OC[C@H](CCS(C)(=O)=O)N1C(=O)c1c(O)c(=O)c(C(=O)NCc2ccc(F)cc2F)cn1C. The summed E-state index contributed by atoms with van der Waals surface area (Å²) in [5.41, 5.74) is -2.04. The van der Waals surface area contributed by atoms with Crippen LogP contribution in [0.25, 0.3) is 0 Å². The van der Waals surface area contributed by atoms with E-state index < -0.39 is 68.0 Å². The van der Waals surface area contributed by atoms with Gasteiger partial charge in [-0.15, -0.1) is 0 Å². The van der Waals surface area contributed by atoms with E-state index in [0.717, 1.165) is 29.2 Å². The van der Waals surface area contributed by atoms with Crippen molar-refractivity contribution in [3.05, 3.63) is 63.1 Å². The summed E-state index contributed by atoms with van der Waals surface area (Å²) in [5.74, 6) is -4.53. The molecule has 0 aliphatic carbocycles. The van der Waals surface area contributed by atoms with Crippen molar-refractivity contribution in [3.63, 3.8) is 0 Å². The molecule has 0 radical (unpaired) electrons. The molecular formula is C22H25F2N3O7S. The smallest absolute Gasteiger partial charge is 0.276 e. The Kier molecular flexibility index (Phi) is 7.60. The van der Waals surface area contributed by atoms with Crippen molar-refractivity contribution in [1.82, 2.24) is 14.8 Å². The highest BCUT2D eigenvalue weighted by molar-refractivity contribution is 7.90. The van der Waals surface area contributed by atoms with Gasteiger partial charge in [0.2, 0.25) is 5.43 Å². The molecule has 2 heterocycles. The van der Waals surface area contributed by atoms with Gasteiger partial charge in [0.05, 0.1) is 18.4 Å². The molecule has 1 aromatic heterocycles. The maximum Gasteiger partial charge on any atom is 0.276 e. The molecule has 2 atom stereocenters. The van der Waals surface area contributed by atoms with Crippen LogP contribution in [0.3, 0.4) is 0 Å². The van der Waals surface area contributed by atoms with Crippen LogP contribution in [-0.4, -0.2) is 65.7 Å². The maximum atomic E-state index is 13.8. The fourth-order valence-electron chi connectivity index (χ4n) is 3.80. The van der Waals surface area contributed by atoms with E-state index in [9.17, 15) is 36.7 Å². The van der Waals surface area contributed by atoms with E-state index in [1.807, 2.05) is 0 Å². The molecule has 10 nitrogen and oxygen atoms in total. The van der Waals surface area contributed by atoms with Crippen LogP contribution in [0, 0.1) is 11.6 Å². The number of benzene rings is 1. The first-order valence-electron chi connectivity index (χ1n) is 10.6. The van der Waals surface area contributed by atoms with Crippen LogP contribution >= 0.6 is 0 Å². The number of nitrogens with one attached hydrogen (secondary N) is 1. The largest absolute Gasteiger partial charge is 0.503 e. The lowest BCUT2D eigenvalue weighted by molar-refractivity contribution is 0.0337. The highest BCUT2D eigenvalue weighted by atomic mass is 32.2. The predicted octanol–water partition coefficient (Wildman–Crippen LogP) is 0.921. The third kappa shape index (κ3) is 5.85. The molecule has 190 valence electrons. The number of carbonyl (C=O) groups is 2. The molecule has 2 aromatic rings. The van der Waals surface area contributed by atoms with Crippen LogP contribution in [-0.2, 0) is 28.2 Å². The summed E-state index contributed by atoms with van der Waals surface area (Å²) in [6, 6.07) is 2.21. The van der Waals surface area contributed by atoms with Gasteiger partial charge in [-0.05, 0) is 19.4 Å². The fourth-order valence-corrected chi connectivity index (χ4v) is 4.50. The third-order valence-corrected chi connectivity index (χ3v) is 6.61. The molecule has 1 aliphatic rings. The Morgan fingerprint density at radius 1 is 1.29 bits per heavy atom. The maximum absolute atomic E-state index is 13.8. The van der Waals surface area contributed by atoms with Gasteiger partial charge < -0.3 is 24.6 Å². The molecular weight excluding hydrogens is 488 g/mol. The van der Waals surface area contributed by atoms with Gasteiger partial charge in [0.25, 0.3) is 11.8 Å². The number of aromatic hydroxyl groups is 1. The number of nitrogens with zero attached hydrogens (tertiary/aromatic N) is 2. The van der Waals surface area contributed by atoms with E-state index in [1.165, 1.54) is 11.9 Å². The van der Waals surface area contributed by atoms with Gasteiger partial charge in [0.15, 0.2) is 11.4 Å². The van der Waals surface area contributed by atoms with Gasteiger partial charge in [0, 0.05) is 37.7 Å². The number of aromatic nitrogens is 1. The van der Waals surface area contributed by atoms with Crippen LogP contribution in [0.2, 0.25) is 0 Å². The molecule has 0 unspecified atom stereocenters. The van der Waals surface area contributed by atoms with E-state index >= 15 is 0 Å². The van der Waals surface area contributed by atoms with Crippen molar-refractivity contribution in [2.45, 2.75) is 32.2 Å². The quantitative estimate of drug-likeness (QED) is 0.562. The second-order valence-electron chi connectivity index (χ2n) is 8.32. The molecule has 1 saturated heterocycles. The third-order valence-electron chi connectivity index (χ3n) is 5.63. The fraction of sp³-hybridized carbons (Fsp3) is 0.409. The number of rotatable bonds is 7. The molecule has 1 aliphatic heterocycles. The molecule has 0 bridgehead atoms. The van der Waals surface area contributed by atoms with Gasteiger partial charge in [-0.3, -0.25) is 14.4 Å². The lowest BCUT2D eigenvalue weighted by atomic mass is 10.1. The van der Waals surface area contributed by atoms with Gasteiger partial charge in [0.1, 0.15) is 33.3 Å². The number of hydrogen-bond donors (Lipinski definition) is 2. The first-order chi connectivity index (χ1) is 16.3. The minimum Gasteiger partial charge on any atom is -0.503 e. The number of aryl methyl sites for hydroxylation is 1. The number of halogens is 2. The monoisotopic (exact) mass is 513 g/mol. The van der Waals surface area contributed by atoms with E-state index in [2.05, 4.69) is 5.32 Å². The van der Waals surface area contributed by atoms with Crippen molar-refractivity contribution < 1.29 is 36.6 Å². The summed E-state index contributed by atoms with van der Waals surface area (Å²) >= 11 is 0. The van der Waals surface area contributed by atoms with E-state index in [-0.39, 0.29) is 30.9 Å². The van der Waals surface area contributed by atoms with Gasteiger partial charge in [-0.2, -0.15) is 0 Å². The summed E-state index contributed by atoms with van der Waals surface area (Å²) in [6.07, 6.45) is 1.49. The average Bonchev–Trinajstić information content (AvgIpc) is 3.13. The number of carbonyl (C=O) groups excluding carboxylic acids is 2. The summed E-state index contributed by atoms with van der Waals surface area (Å²) in [7, 11) is -1.95. The van der Waals surface area contributed by atoms with Crippen LogP contribution in [0.5, 0.6) is 5.75 Å². The van der Waals surface area contributed by atoms with Crippen molar-refractivity contribution in [2.24, 2.45) is 7.05 Å². The minimum absolute atomic E-state index is 0.0178. The normalized spacial score (nSPS) is 18.0. The van der Waals surface area contributed by atoms with Gasteiger partial charge >= 0.3 is 0 Å². The Hall–Kier alpha value is -3.32. The topological polar surface area (TPSA) is 135 Å². The standard InChI is InChI=1S/C22H25F2N3O7S/c1-12-27(15(11-34-12)6-7-35(3,32)33)22(31)18-20(29)19(28)16(10-26(18)2)21(30)25-9-13-4-5-14(23)8-17(13)24/h4-5,8,10,12,15,29H,6-7,9,11H2,1-3H3,(H,25,30)/t12-,15+/m1/s1. The highest BCUT2D eigenvalue weighted by Crippen LogP contribution is 2.25. The van der Waals surface area contributed by atoms with Gasteiger partial charge in [-0.1, -0.05) is 6.07 Å². The summed E-state index contributed by atoms with van der Waals surface area (Å²) in [4.78, 5) is 39.7. The van der Waals surface area contributed by atoms with E-state index in [0.29, 0.717) is 6.07 Å². The number of hydrogen-bond acceptors (Lipinski definition) is 7. The lowest BCUT2D eigenvalue weighted by Gasteiger charge is -2.27. The van der Waals surface area contributed by atoms with Crippen molar-refractivity contribution >= 4 is 21.7 Å². The van der Waals surface area contributed by atoms with E-state index in [4.69, 9.17) is 4.74 Å². The molecule has 3 rings (SSSR count). The molecule has 1 aromatic carbocycles.